The van der Waals surface area contributed by atoms with Crippen LogP contribution in [0.3, 0.4) is 0 Å². The van der Waals surface area contributed by atoms with E-state index < -0.39 is 0 Å². The molecule has 0 bridgehead atoms. The highest BCUT2D eigenvalue weighted by molar-refractivity contribution is 7.80. The minimum absolute atomic E-state index is 0.217. The smallest absolute Gasteiger partial charge is 0.159 e. The summed E-state index contributed by atoms with van der Waals surface area (Å²) in [6.07, 6.45) is 3.70. The summed E-state index contributed by atoms with van der Waals surface area (Å²) in [6.45, 7) is 2.16. The van der Waals surface area contributed by atoms with Crippen molar-refractivity contribution in [3.05, 3.63) is 40.2 Å². The van der Waals surface area contributed by atoms with E-state index in [-0.39, 0.29) is 6.04 Å². The third-order valence-corrected chi connectivity index (χ3v) is 3.97. The maximum atomic E-state index is 5.71. The molecule has 4 nitrogen and oxygen atoms in total. The highest BCUT2D eigenvalue weighted by atomic mass is 32.1. The Morgan fingerprint density at radius 2 is 2.37 bits per heavy atom. The topological polar surface area (TPSA) is 63.8 Å². The van der Waals surface area contributed by atoms with Crippen molar-refractivity contribution in [2.45, 2.75) is 25.8 Å². The van der Waals surface area contributed by atoms with Crippen molar-refractivity contribution < 1.29 is 0 Å². The lowest BCUT2D eigenvalue weighted by Gasteiger charge is -2.18. The summed E-state index contributed by atoms with van der Waals surface area (Å²) in [5, 5.41) is 13.5. The second-order valence-electron chi connectivity index (χ2n) is 4.16. The highest BCUT2D eigenvalue weighted by Gasteiger charge is 2.15. The Morgan fingerprint density at radius 1 is 1.53 bits per heavy atom. The third kappa shape index (κ3) is 3.48. The number of nitrogens with zero attached hydrogens (tertiary/aromatic N) is 2. The number of hydrogen-bond acceptors (Lipinski definition) is 5. The van der Waals surface area contributed by atoms with Gasteiger partial charge in [-0.2, -0.15) is 5.10 Å². The zero-order chi connectivity index (χ0) is 13.7. The van der Waals surface area contributed by atoms with E-state index in [1.54, 1.807) is 23.6 Å². The molecule has 0 aliphatic heterocycles. The molecule has 0 saturated heterocycles. The number of thiocarbonyl (C=S) groups is 1. The molecule has 1 atom stereocenters. The molecule has 0 aliphatic carbocycles. The van der Waals surface area contributed by atoms with Gasteiger partial charge in [0.25, 0.3) is 0 Å². The molecule has 2 heterocycles. The number of hydrogen-bond donors (Lipinski definition) is 2. The van der Waals surface area contributed by atoms with Gasteiger partial charge in [0.1, 0.15) is 4.99 Å². The molecule has 3 N–H and O–H groups in total. The van der Waals surface area contributed by atoms with Crippen molar-refractivity contribution in [3.63, 3.8) is 0 Å². The fourth-order valence-electron chi connectivity index (χ4n) is 1.87. The van der Waals surface area contributed by atoms with Crippen LogP contribution >= 0.6 is 23.6 Å². The fraction of sp³-hybridized carbons (Fsp3) is 0.308. The lowest BCUT2D eigenvalue weighted by molar-refractivity contribution is 0.682. The predicted molar refractivity (Wildman–Crippen MR) is 83.5 cm³/mol. The van der Waals surface area contributed by atoms with E-state index in [0.29, 0.717) is 10.8 Å². The van der Waals surface area contributed by atoms with E-state index in [1.165, 1.54) is 4.88 Å². The molecule has 6 heteroatoms. The summed E-state index contributed by atoms with van der Waals surface area (Å²) >= 11 is 6.77. The number of thiophene rings is 1. The molecule has 100 valence electrons. The summed E-state index contributed by atoms with van der Waals surface area (Å²) in [6, 6.07) is 6.18. The third-order valence-electron chi connectivity index (χ3n) is 2.76. The average molecular weight is 292 g/mol. The van der Waals surface area contributed by atoms with E-state index in [0.717, 1.165) is 18.4 Å². The summed E-state index contributed by atoms with van der Waals surface area (Å²) in [4.78, 5) is 1.61. The summed E-state index contributed by atoms with van der Waals surface area (Å²) in [5.41, 5.74) is 6.45. The van der Waals surface area contributed by atoms with E-state index >= 15 is 0 Å². The fourth-order valence-corrected chi connectivity index (χ4v) is 2.84. The van der Waals surface area contributed by atoms with Crippen molar-refractivity contribution in [2.24, 2.45) is 5.73 Å². The van der Waals surface area contributed by atoms with Crippen molar-refractivity contribution in [2.75, 3.05) is 5.32 Å². The van der Waals surface area contributed by atoms with Gasteiger partial charge in [-0.05, 0) is 23.9 Å². The zero-order valence-electron chi connectivity index (χ0n) is 10.7. The van der Waals surface area contributed by atoms with Crippen molar-refractivity contribution in [3.8, 4) is 0 Å². The molecule has 2 aromatic rings. The van der Waals surface area contributed by atoms with Crippen LogP contribution in [0.5, 0.6) is 0 Å². The van der Waals surface area contributed by atoms with Crippen LogP contribution in [0.4, 0.5) is 5.82 Å². The Kier molecular flexibility index (Phi) is 4.81. The van der Waals surface area contributed by atoms with Gasteiger partial charge in [-0.15, -0.1) is 16.4 Å². The normalized spacial score (nSPS) is 12.1. The summed E-state index contributed by atoms with van der Waals surface area (Å²) in [5.74, 6) is 0.654. The molecule has 2 rings (SSSR count). The van der Waals surface area contributed by atoms with Gasteiger partial charge in [0.2, 0.25) is 0 Å². The molecule has 0 aromatic carbocycles. The molecule has 0 fully saturated rings. The van der Waals surface area contributed by atoms with Crippen LogP contribution in [-0.2, 0) is 0 Å². The number of anilines is 1. The van der Waals surface area contributed by atoms with Crippen LogP contribution in [0.2, 0.25) is 0 Å². The summed E-state index contributed by atoms with van der Waals surface area (Å²) < 4.78 is 0. The number of nitrogens with two attached hydrogens (primary N) is 1. The van der Waals surface area contributed by atoms with Crippen molar-refractivity contribution >= 4 is 34.4 Å². The highest BCUT2D eigenvalue weighted by Crippen LogP contribution is 2.27. The van der Waals surface area contributed by atoms with Gasteiger partial charge in [0, 0.05) is 4.88 Å². The molecule has 0 amide bonds. The average Bonchev–Trinajstić information content (AvgIpc) is 2.92. The van der Waals surface area contributed by atoms with Gasteiger partial charge in [0.15, 0.2) is 5.82 Å². The quantitative estimate of drug-likeness (QED) is 0.801. The monoisotopic (exact) mass is 292 g/mol. The van der Waals surface area contributed by atoms with Crippen LogP contribution in [-0.4, -0.2) is 15.2 Å². The predicted octanol–water partition coefficient (Wildman–Crippen LogP) is 3.13. The molecular formula is C13H16N4S2. The van der Waals surface area contributed by atoms with Gasteiger partial charge in [-0.1, -0.05) is 31.6 Å². The van der Waals surface area contributed by atoms with Crippen LogP contribution in [0.1, 0.15) is 36.2 Å². The van der Waals surface area contributed by atoms with E-state index in [2.05, 4.69) is 40.0 Å². The van der Waals surface area contributed by atoms with Crippen molar-refractivity contribution in [1.29, 1.82) is 0 Å². The van der Waals surface area contributed by atoms with Gasteiger partial charge >= 0.3 is 0 Å². The molecule has 0 aliphatic rings. The maximum Gasteiger partial charge on any atom is 0.159 e. The first-order valence-corrected chi connectivity index (χ1v) is 7.42. The minimum Gasteiger partial charge on any atom is -0.389 e. The standard InChI is InChI=1S/C13H16N4S2/c1-2-4-10(11-5-3-8-19-11)16-13-9(12(14)18)6-7-15-17-13/h3,5-8,10H,2,4H2,1H3,(H2,14,18)(H,16,17). The van der Waals surface area contributed by atoms with E-state index in [1.807, 2.05) is 0 Å². The maximum absolute atomic E-state index is 5.71. The molecule has 0 spiro atoms. The molecular weight excluding hydrogens is 276 g/mol. The van der Waals surface area contributed by atoms with Gasteiger partial charge < -0.3 is 11.1 Å². The number of rotatable bonds is 6. The Bertz CT molecular complexity index is 539. The lowest BCUT2D eigenvalue weighted by Crippen LogP contribution is -2.17. The molecule has 2 aromatic heterocycles. The van der Waals surface area contributed by atoms with E-state index in [4.69, 9.17) is 18.0 Å². The SMILES string of the molecule is CCCC(Nc1nnccc1C(N)=S)c1cccs1. The lowest BCUT2D eigenvalue weighted by atomic mass is 10.1. The first kappa shape index (κ1) is 13.9. The molecule has 0 radical (unpaired) electrons. The first-order chi connectivity index (χ1) is 9.22. The van der Waals surface area contributed by atoms with Gasteiger partial charge in [0.05, 0.1) is 17.8 Å². The van der Waals surface area contributed by atoms with Crippen LogP contribution in [0.25, 0.3) is 0 Å². The Labute approximate surface area is 122 Å². The first-order valence-electron chi connectivity index (χ1n) is 6.13. The van der Waals surface area contributed by atoms with E-state index in [9.17, 15) is 0 Å². The minimum atomic E-state index is 0.217. The Balaban J connectivity index is 2.25. The van der Waals surface area contributed by atoms with Crippen LogP contribution in [0.15, 0.2) is 29.8 Å². The largest absolute Gasteiger partial charge is 0.389 e. The Morgan fingerprint density at radius 3 is 3.00 bits per heavy atom. The number of aromatic nitrogens is 2. The summed E-state index contributed by atoms with van der Waals surface area (Å²) in [7, 11) is 0. The second-order valence-corrected chi connectivity index (χ2v) is 5.58. The number of nitrogens with one attached hydrogen (secondary N) is 1. The Hall–Kier alpha value is -1.53. The zero-order valence-corrected chi connectivity index (χ0v) is 12.3. The molecule has 0 saturated carbocycles. The van der Waals surface area contributed by atoms with Crippen LogP contribution in [0, 0.1) is 0 Å². The van der Waals surface area contributed by atoms with Gasteiger partial charge in [-0.25, -0.2) is 0 Å². The molecule has 1 unspecified atom stereocenters. The molecule has 19 heavy (non-hydrogen) atoms. The van der Waals surface area contributed by atoms with Crippen molar-refractivity contribution in [1.82, 2.24) is 10.2 Å². The second kappa shape index (κ2) is 6.58. The van der Waals surface area contributed by atoms with Gasteiger partial charge in [-0.3, -0.25) is 0 Å². The van der Waals surface area contributed by atoms with Crippen LogP contribution < -0.4 is 11.1 Å².